The fourth-order valence-electron chi connectivity index (χ4n) is 2.69. The van der Waals surface area contributed by atoms with Crippen LogP contribution in [-0.2, 0) is 29.6 Å². The van der Waals surface area contributed by atoms with Crippen LogP contribution in [0.3, 0.4) is 0 Å². The highest BCUT2D eigenvalue weighted by Crippen LogP contribution is 2.23. The van der Waals surface area contributed by atoms with Gasteiger partial charge in [-0.2, -0.15) is 0 Å². The molecule has 3 rings (SSSR count). The molecule has 162 valence electrons. The lowest BCUT2D eigenvalue weighted by Gasteiger charge is -2.09. The molecule has 2 aromatic carbocycles. The highest BCUT2D eigenvalue weighted by molar-refractivity contribution is 7.99. The van der Waals surface area contributed by atoms with Gasteiger partial charge in [-0.25, -0.2) is 4.39 Å². The SMILES string of the molecule is COc1ccccc1NC(=O)Cc1nnc(SCC(=O)NCc2ccc(F)cc2)n1C. The number of halogens is 1. The van der Waals surface area contributed by atoms with E-state index < -0.39 is 0 Å². The van der Waals surface area contributed by atoms with Gasteiger partial charge < -0.3 is 19.9 Å². The molecule has 0 aliphatic rings. The lowest BCUT2D eigenvalue weighted by atomic mass is 10.2. The predicted molar refractivity (Wildman–Crippen MR) is 115 cm³/mol. The van der Waals surface area contributed by atoms with Gasteiger partial charge in [-0.3, -0.25) is 9.59 Å². The molecule has 0 aliphatic carbocycles. The molecule has 31 heavy (non-hydrogen) atoms. The van der Waals surface area contributed by atoms with Crippen molar-refractivity contribution < 1.29 is 18.7 Å². The van der Waals surface area contributed by atoms with Gasteiger partial charge in [0, 0.05) is 13.6 Å². The number of ether oxygens (including phenoxy) is 1. The van der Waals surface area contributed by atoms with Crippen LogP contribution in [0.15, 0.2) is 53.7 Å². The van der Waals surface area contributed by atoms with Crippen molar-refractivity contribution in [3.8, 4) is 5.75 Å². The van der Waals surface area contributed by atoms with Crippen molar-refractivity contribution in [3.05, 3.63) is 65.7 Å². The molecule has 3 aromatic rings. The first-order chi connectivity index (χ1) is 15.0. The highest BCUT2D eigenvalue weighted by atomic mass is 32.2. The van der Waals surface area contributed by atoms with Crippen LogP contribution < -0.4 is 15.4 Å². The van der Waals surface area contributed by atoms with Gasteiger partial charge in [0.2, 0.25) is 11.8 Å². The van der Waals surface area contributed by atoms with E-state index in [1.54, 1.807) is 41.9 Å². The summed E-state index contributed by atoms with van der Waals surface area (Å²) >= 11 is 1.22. The van der Waals surface area contributed by atoms with E-state index in [1.165, 1.54) is 31.0 Å². The summed E-state index contributed by atoms with van der Waals surface area (Å²) in [6.45, 7) is 0.312. The number of benzene rings is 2. The van der Waals surface area contributed by atoms with Crippen LogP contribution in [0.2, 0.25) is 0 Å². The maximum atomic E-state index is 12.9. The number of hydrogen-bond acceptors (Lipinski definition) is 6. The van der Waals surface area contributed by atoms with E-state index in [9.17, 15) is 14.0 Å². The number of amides is 2. The van der Waals surface area contributed by atoms with Crippen LogP contribution in [0.1, 0.15) is 11.4 Å². The number of nitrogens with one attached hydrogen (secondary N) is 2. The first-order valence-corrected chi connectivity index (χ1v) is 10.4. The van der Waals surface area contributed by atoms with Crippen molar-refractivity contribution in [1.82, 2.24) is 20.1 Å². The van der Waals surface area contributed by atoms with Crippen molar-refractivity contribution in [3.63, 3.8) is 0 Å². The summed E-state index contributed by atoms with van der Waals surface area (Å²) in [7, 11) is 3.28. The average molecular weight is 444 g/mol. The summed E-state index contributed by atoms with van der Waals surface area (Å²) in [5.74, 6) is 0.417. The maximum Gasteiger partial charge on any atom is 0.232 e. The monoisotopic (exact) mass is 443 g/mol. The minimum atomic E-state index is -0.319. The fourth-order valence-corrected chi connectivity index (χ4v) is 3.45. The Balaban J connectivity index is 1.49. The maximum absolute atomic E-state index is 12.9. The number of aromatic nitrogens is 3. The lowest BCUT2D eigenvalue weighted by molar-refractivity contribution is -0.118. The number of thioether (sulfide) groups is 1. The van der Waals surface area contributed by atoms with Crippen LogP contribution in [0.5, 0.6) is 5.75 Å². The molecule has 1 heterocycles. The summed E-state index contributed by atoms with van der Waals surface area (Å²) in [6, 6.07) is 13.1. The Kier molecular flexibility index (Phi) is 7.60. The van der Waals surface area contributed by atoms with Crippen LogP contribution in [-0.4, -0.2) is 39.4 Å². The van der Waals surface area contributed by atoms with Crippen molar-refractivity contribution in [2.75, 3.05) is 18.2 Å². The van der Waals surface area contributed by atoms with Crippen LogP contribution in [0.25, 0.3) is 0 Å². The molecule has 0 bridgehead atoms. The molecule has 0 saturated heterocycles. The number of carbonyl (C=O) groups is 2. The molecule has 0 aliphatic heterocycles. The smallest absolute Gasteiger partial charge is 0.232 e. The standard InChI is InChI=1S/C21H22FN5O3S/c1-27-18(11-19(28)24-16-5-3-4-6-17(16)30-2)25-26-21(27)31-13-20(29)23-12-14-7-9-15(22)10-8-14/h3-10H,11-13H2,1-2H3,(H,23,29)(H,24,28). The van der Waals surface area contributed by atoms with Gasteiger partial charge in [-0.15, -0.1) is 10.2 Å². The van der Waals surface area contributed by atoms with Gasteiger partial charge in [0.1, 0.15) is 17.4 Å². The molecular weight excluding hydrogens is 421 g/mol. The molecule has 0 spiro atoms. The number of methoxy groups -OCH3 is 1. The quantitative estimate of drug-likeness (QED) is 0.493. The number of nitrogens with zero attached hydrogens (tertiary/aromatic N) is 3. The number of anilines is 1. The molecule has 0 fully saturated rings. The third kappa shape index (κ3) is 6.29. The van der Waals surface area contributed by atoms with E-state index in [1.807, 2.05) is 6.07 Å². The largest absolute Gasteiger partial charge is 0.495 e. The van der Waals surface area contributed by atoms with E-state index in [2.05, 4.69) is 20.8 Å². The Morgan fingerprint density at radius 1 is 1.10 bits per heavy atom. The van der Waals surface area contributed by atoms with Gasteiger partial charge in [0.15, 0.2) is 5.16 Å². The molecule has 10 heteroatoms. The Hall–Kier alpha value is -3.40. The zero-order valence-electron chi connectivity index (χ0n) is 17.1. The van der Waals surface area contributed by atoms with Crippen LogP contribution in [0, 0.1) is 5.82 Å². The number of rotatable bonds is 9. The summed E-state index contributed by atoms with van der Waals surface area (Å²) in [5, 5.41) is 14.2. The van der Waals surface area contributed by atoms with Crippen molar-refractivity contribution in [1.29, 1.82) is 0 Å². The summed E-state index contributed by atoms with van der Waals surface area (Å²) in [4.78, 5) is 24.5. The first kappa shape index (κ1) is 22.3. The fraction of sp³-hybridized carbons (Fsp3) is 0.238. The second-order valence-corrected chi connectivity index (χ2v) is 7.52. The zero-order valence-corrected chi connectivity index (χ0v) is 17.9. The van der Waals surface area contributed by atoms with Crippen LogP contribution >= 0.6 is 11.8 Å². The Labute approximate surface area is 183 Å². The summed E-state index contributed by atoms with van der Waals surface area (Å²) < 4.78 is 19.8. The number of hydrogen-bond donors (Lipinski definition) is 2. The minimum absolute atomic E-state index is 0.0267. The Morgan fingerprint density at radius 2 is 1.84 bits per heavy atom. The van der Waals surface area contributed by atoms with Crippen molar-refractivity contribution in [2.24, 2.45) is 7.05 Å². The minimum Gasteiger partial charge on any atom is -0.495 e. The topological polar surface area (TPSA) is 98.1 Å². The molecule has 0 atom stereocenters. The van der Waals surface area contributed by atoms with Gasteiger partial charge in [0.25, 0.3) is 0 Å². The van der Waals surface area contributed by atoms with Gasteiger partial charge in [-0.1, -0.05) is 36.0 Å². The molecule has 1 aromatic heterocycles. The molecule has 0 radical (unpaired) electrons. The molecule has 2 N–H and O–H groups in total. The number of para-hydroxylation sites is 2. The second kappa shape index (κ2) is 10.6. The molecule has 2 amide bonds. The first-order valence-electron chi connectivity index (χ1n) is 9.41. The zero-order chi connectivity index (χ0) is 22.2. The van der Waals surface area contributed by atoms with Crippen molar-refractivity contribution in [2.45, 2.75) is 18.1 Å². The van der Waals surface area contributed by atoms with Crippen molar-refractivity contribution >= 4 is 29.3 Å². The van der Waals surface area contributed by atoms with E-state index in [-0.39, 0.29) is 29.8 Å². The average Bonchev–Trinajstić information content (AvgIpc) is 3.11. The Bertz CT molecular complexity index is 1060. The lowest BCUT2D eigenvalue weighted by Crippen LogP contribution is -2.24. The van der Waals surface area contributed by atoms with E-state index in [0.29, 0.717) is 29.0 Å². The van der Waals surface area contributed by atoms with E-state index >= 15 is 0 Å². The number of carbonyl (C=O) groups excluding carboxylic acids is 2. The highest BCUT2D eigenvalue weighted by Gasteiger charge is 2.15. The summed E-state index contributed by atoms with van der Waals surface area (Å²) in [6.07, 6.45) is 0.0267. The molecular formula is C21H22FN5O3S. The molecule has 8 nitrogen and oxygen atoms in total. The van der Waals surface area contributed by atoms with E-state index in [0.717, 1.165) is 5.56 Å². The van der Waals surface area contributed by atoms with Gasteiger partial charge in [0.05, 0.1) is 25.0 Å². The summed E-state index contributed by atoms with van der Waals surface area (Å²) in [5.41, 5.74) is 1.38. The second-order valence-electron chi connectivity index (χ2n) is 6.57. The Morgan fingerprint density at radius 3 is 2.58 bits per heavy atom. The third-order valence-electron chi connectivity index (χ3n) is 4.36. The van der Waals surface area contributed by atoms with Gasteiger partial charge >= 0.3 is 0 Å². The van der Waals surface area contributed by atoms with Crippen LogP contribution in [0.4, 0.5) is 10.1 Å². The molecule has 0 unspecified atom stereocenters. The third-order valence-corrected chi connectivity index (χ3v) is 5.38. The van der Waals surface area contributed by atoms with E-state index in [4.69, 9.17) is 4.74 Å². The normalized spacial score (nSPS) is 10.5. The van der Waals surface area contributed by atoms with Gasteiger partial charge in [-0.05, 0) is 29.8 Å². The predicted octanol–water partition coefficient (Wildman–Crippen LogP) is 2.55. The molecule has 0 saturated carbocycles.